The van der Waals surface area contributed by atoms with Crippen LogP contribution in [0.15, 0.2) is 36.7 Å². The van der Waals surface area contributed by atoms with E-state index in [1.807, 2.05) is 29.0 Å². The second-order valence-corrected chi connectivity index (χ2v) is 6.94. The van der Waals surface area contributed by atoms with E-state index in [0.717, 1.165) is 61.0 Å². The minimum atomic E-state index is 0. The van der Waals surface area contributed by atoms with Gasteiger partial charge in [-0.05, 0) is 36.6 Å². The molecule has 28 heavy (non-hydrogen) atoms. The maximum atomic E-state index is 4.94. The number of nitrogens with zero attached hydrogens (tertiary/aromatic N) is 5. The fraction of sp³-hybridized carbons (Fsp3) is 0.421. The molecule has 154 valence electrons. The average Bonchev–Trinajstić information content (AvgIpc) is 2.99. The molecule has 0 aromatic carbocycles. The molecular formula is C19H27Cl3N6. The first kappa shape index (κ1) is 24.4. The molecular weight excluding hydrogens is 419 g/mol. The molecule has 0 radical (unpaired) electrons. The van der Waals surface area contributed by atoms with Crippen molar-refractivity contribution in [2.45, 2.75) is 20.3 Å². The Labute approximate surface area is 184 Å². The first-order valence-electron chi connectivity index (χ1n) is 8.97. The van der Waals surface area contributed by atoms with Gasteiger partial charge in [-0.3, -0.25) is 4.98 Å². The topological polar surface area (TPSA) is 58.4 Å². The van der Waals surface area contributed by atoms with E-state index in [4.69, 9.17) is 10.1 Å². The molecule has 0 saturated carbocycles. The number of aromatic nitrogens is 4. The number of rotatable bonds is 4. The van der Waals surface area contributed by atoms with Crippen LogP contribution in [0.3, 0.4) is 0 Å². The third kappa shape index (κ3) is 5.06. The lowest BCUT2D eigenvalue weighted by Gasteiger charge is -2.28. The predicted molar refractivity (Wildman–Crippen MR) is 122 cm³/mol. The summed E-state index contributed by atoms with van der Waals surface area (Å²) in [7, 11) is 0. The van der Waals surface area contributed by atoms with Crippen LogP contribution >= 0.6 is 37.2 Å². The van der Waals surface area contributed by atoms with E-state index in [1.165, 1.54) is 0 Å². The van der Waals surface area contributed by atoms with Gasteiger partial charge in [0.05, 0.1) is 11.4 Å². The van der Waals surface area contributed by atoms with Gasteiger partial charge in [0.1, 0.15) is 5.82 Å². The van der Waals surface area contributed by atoms with Gasteiger partial charge in [0.25, 0.3) is 0 Å². The van der Waals surface area contributed by atoms with Crippen molar-refractivity contribution >= 4 is 48.7 Å². The Bertz CT molecular complexity index is 863. The Balaban J connectivity index is 0.00000131. The first-order chi connectivity index (χ1) is 12.2. The van der Waals surface area contributed by atoms with Gasteiger partial charge in [0, 0.05) is 44.1 Å². The van der Waals surface area contributed by atoms with Crippen LogP contribution in [-0.4, -0.2) is 45.8 Å². The number of piperazine rings is 1. The molecule has 6 nitrogen and oxygen atoms in total. The highest BCUT2D eigenvalue weighted by molar-refractivity contribution is 5.86. The summed E-state index contributed by atoms with van der Waals surface area (Å²) in [5.74, 6) is 1.55. The van der Waals surface area contributed by atoms with Gasteiger partial charge in [-0.1, -0.05) is 13.8 Å². The number of pyridine rings is 1. The van der Waals surface area contributed by atoms with E-state index in [2.05, 4.69) is 41.2 Å². The molecule has 0 spiro atoms. The molecule has 1 N–H and O–H groups in total. The van der Waals surface area contributed by atoms with Crippen molar-refractivity contribution in [2.24, 2.45) is 5.92 Å². The number of anilines is 1. The van der Waals surface area contributed by atoms with Crippen LogP contribution in [0.5, 0.6) is 0 Å². The molecule has 1 fully saturated rings. The fourth-order valence-electron chi connectivity index (χ4n) is 3.36. The quantitative estimate of drug-likeness (QED) is 0.664. The van der Waals surface area contributed by atoms with Gasteiger partial charge in [-0.2, -0.15) is 0 Å². The summed E-state index contributed by atoms with van der Waals surface area (Å²) in [6.07, 6.45) is 4.59. The van der Waals surface area contributed by atoms with E-state index < -0.39 is 0 Å². The predicted octanol–water partition coefficient (Wildman–Crippen LogP) is 3.66. The average molecular weight is 446 g/mol. The van der Waals surface area contributed by atoms with Crippen LogP contribution in [0.1, 0.15) is 19.5 Å². The Morgan fingerprint density at radius 3 is 2.32 bits per heavy atom. The van der Waals surface area contributed by atoms with Crippen LogP contribution in [-0.2, 0) is 6.42 Å². The van der Waals surface area contributed by atoms with Crippen LogP contribution in [0, 0.1) is 5.92 Å². The van der Waals surface area contributed by atoms with Crippen molar-refractivity contribution in [3.05, 3.63) is 42.4 Å². The molecule has 4 rings (SSSR count). The Hall–Kier alpha value is -1.60. The number of nitrogens with one attached hydrogen (secondary N) is 1. The molecule has 3 aromatic rings. The summed E-state index contributed by atoms with van der Waals surface area (Å²) in [6, 6.07) is 8.24. The smallest absolute Gasteiger partial charge is 0.154 e. The van der Waals surface area contributed by atoms with E-state index >= 15 is 0 Å². The molecule has 9 heteroatoms. The Morgan fingerprint density at radius 1 is 1.00 bits per heavy atom. The van der Waals surface area contributed by atoms with Crippen molar-refractivity contribution in [1.82, 2.24) is 24.9 Å². The highest BCUT2D eigenvalue weighted by Crippen LogP contribution is 2.27. The molecule has 0 atom stereocenters. The molecule has 0 aliphatic carbocycles. The lowest BCUT2D eigenvalue weighted by Crippen LogP contribution is -2.44. The van der Waals surface area contributed by atoms with Gasteiger partial charge in [-0.15, -0.1) is 42.3 Å². The summed E-state index contributed by atoms with van der Waals surface area (Å²) < 4.78 is 2.00. The third-order valence-electron chi connectivity index (χ3n) is 4.53. The van der Waals surface area contributed by atoms with Gasteiger partial charge >= 0.3 is 0 Å². The Morgan fingerprint density at radius 2 is 1.68 bits per heavy atom. The molecule has 0 amide bonds. The van der Waals surface area contributed by atoms with Crippen LogP contribution in [0.2, 0.25) is 0 Å². The molecule has 0 bridgehead atoms. The number of hydrogen-bond donors (Lipinski definition) is 1. The van der Waals surface area contributed by atoms with Crippen molar-refractivity contribution in [2.75, 3.05) is 31.1 Å². The highest BCUT2D eigenvalue weighted by Gasteiger charge is 2.18. The fourth-order valence-corrected chi connectivity index (χ4v) is 3.36. The SMILES string of the molecule is CC(C)Cc1nc2ccc(N3CCNCC3)nn2c1-c1ccncc1.Cl.Cl.Cl. The molecule has 1 saturated heterocycles. The van der Waals surface area contributed by atoms with Gasteiger partial charge < -0.3 is 10.2 Å². The molecule has 0 unspecified atom stereocenters. The zero-order valence-corrected chi connectivity index (χ0v) is 18.5. The summed E-state index contributed by atoms with van der Waals surface area (Å²) >= 11 is 0. The summed E-state index contributed by atoms with van der Waals surface area (Å²) in [4.78, 5) is 11.3. The first-order valence-corrected chi connectivity index (χ1v) is 8.97. The van der Waals surface area contributed by atoms with E-state index in [1.54, 1.807) is 0 Å². The molecule has 3 aromatic heterocycles. The van der Waals surface area contributed by atoms with Gasteiger partial charge in [0.2, 0.25) is 0 Å². The van der Waals surface area contributed by atoms with E-state index in [0.29, 0.717) is 5.92 Å². The minimum Gasteiger partial charge on any atom is -0.353 e. The summed E-state index contributed by atoms with van der Waals surface area (Å²) in [5.41, 5.74) is 4.21. The van der Waals surface area contributed by atoms with Gasteiger partial charge in [0.15, 0.2) is 5.65 Å². The third-order valence-corrected chi connectivity index (χ3v) is 4.53. The monoisotopic (exact) mass is 444 g/mol. The number of halogens is 3. The van der Waals surface area contributed by atoms with Crippen LogP contribution < -0.4 is 10.2 Å². The lowest BCUT2D eigenvalue weighted by molar-refractivity contribution is 0.581. The molecule has 1 aliphatic heterocycles. The second-order valence-electron chi connectivity index (χ2n) is 6.94. The number of imidazole rings is 1. The number of fused-ring (bicyclic) bond motifs is 1. The molecule has 1 aliphatic rings. The summed E-state index contributed by atoms with van der Waals surface area (Å²) in [6.45, 7) is 8.41. The largest absolute Gasteiger partial charge is 0.353 e. The maximum absolute atomic E-state index is 4.94. The second kappa shape index (κ2) is 10.8. The number of hydrogen-bond acceptors (Lipinski definition) is 5. The van der Waals surface area contributed by atoms with Crippen molar-refractivity contribution in [3.63, 3.8) is 0 Å². The van der Waals surface area contributed by atoms with E-state index in [-0.39, 0.29) is 37.2 Å². The van der Waals surface area contributed by atoms with E-state index in [9.17, 15) is 0 Å². The normalized spacial score (nSPS) is 13.6. The zero-order chi connectivity index (χ0) is 17.2. The van der Waals surface area contributed by atoms with Crippen LogP contribution in [0.25, 0.3) is 16.9 Å². The standard InChI is InChI=1S/C19H24N6.3ClH/c1-14(2)13-16-19(15-5-7-20-8-6-15)25-17(22-16)3-4-18(23-25)24-11-9-21-10-12-24;;;/h3-8,14,21H,9-13H2,1-2H3;3*1H. The molecule has 4 heterocycles. The van der Waals surface area contributed by atoms with Crippen molar-refractivity contribution < 1.29 is 0 Å². The highest BCUT2D eigenvalue weighted by atomic mass is 35.5. The zero-order valence-electron chi connectivity index (χ0n) is 16.0. The Kier molecular flexibility index (Phi) is 9.44. The van der Waals surface area contributed by atoms with Gasteiger partial charge in [-0.25, -0.2) is 9.50 Å². The summed E-state index contributed by atoms with van der Waals surface area (Å²) in [5, 5.41) is 8.32. The van der Waals surface area contributed by atoms with Crippen LogP contribution in [0.4, 0.5) is 5.82 Å². The minimum absolute atomic E-state index is 0. The van der Waals surface area contributed by atoms with Crippen molar-refractivity contribution in [1.29, 1.82) is 0 Å². The van der Waals surface area contributed by atoms with Crippen molar-refractivity contribution in [3.8, 4) is 11.3 Å². The maximum Gasteiger partial charge on any atom is 0.154 e. The lowest BCUT2D eigenvalue weighted by atomic mass is 10.0.